The van der Waals surface area contributed by atoms with Gasteiger partial charge in [-0.1, -0.05) is 13.3 Å². The van der Waals surface area contributed by atoms with Crippen LogP contribution in [0.4, 0.5) is 0 Å². The molecule has 0 radical (unpaired) electrons. The molecule has 0 aliphatic rings. The summed E-state index contributed by atoms with van der Waals surface area (Å²) in [6.07, 6.45) is 8.82. The van der Waals surface area contributed by atoms with Gasteiger partial charge in [0.15, 0.2) is 0 Å². The summed E-state index contributed by atoms with van der Waals surface area (Å²) in [5.41, 5.74) is 0. The van der Waals surface area contributed by atoms with Gasteiger partial charge < -0.3 is 5.11 Å². The Balaban J connectivity index is 0.000000364. The van der Waals surface area contributed by atoms with Crippen LogP contribution in [0.3, 0.4) is 0 Å². The molecule has 80 valence electrons. The molecule has 0 spiro atoms. The zero-order valence-corrected chi connectivity index (χ0v) is 9.10. The highest BCUT2D eigenvalue weighted by atomic mass is 16.4. The highest BCUT2D eigenvalue weighted by Gasteiger charge is 1.96. The molecule has 14 heavy (non-hydrogen) atoms. The van der Waals surface area contributed by atoms with Crippen LogP contribution < -0.4 is 4.57 Å². The van der Waals surface area contributed by atoms with E-state index in [1.807, 2.05) is 7.05 Å². The van der Waals surface area contributed by atoms with Gasteiger partial charge in [0.1, 0.15) is 12.4 Å². The highest BCUT2D eigenvalue weighted by molar-refractivity contribution is 5.62. The number of unbranched alkanes of at least 4 members (excludes halogenated alkanes) is 1. The SMILES string of the molecule is CC(=O)O.CCCCn1cc[n+](C)c1. The average molecular weight is 199 g/mol. The molecule has 1 heterocycles. The lowest BCUT2D eigenvalue weighted by atomic mass is 10.3. The maximum Gasteiger partial charge on any atom is 0.300 e. The predicted octanol–water partition coefficient (Wildman–Crippen LogP) is 1.20. The number of nitrogens with zero attached hydrogens (tertiary/aromatic N) is 2. The number of rotatable bonds is 3. The van der Waals surface area contributed by atoms with Crippen LogP contribution in [0.2, 0.25) is 0 Å². The maximum absolute atomic E-state index is 9.00. The average Bonchev–Trinajstić information content (AvgIpc) is 2.47. The van der Waals surface area contributed by atoms with Crippen molar-refractivity contribution in [2.75, 3.05) is 0 Å². The van der Waals surface area contributed by atoms with Gasteiger partial charge in [0.2, 0.25) is 6.33 Å². The number of carboxylic acids is 1. The first kappa shape index (κ1) is 12.7. The zero-order valence-electron chi connectivity index (χ0n) is 9.10. The number of imidazole rings is 1. The second-order valence-corrected chi connectivity index (χ2v) is 3.19. The van der Waals surface area contributed by atoms with Crippen molar-refractivity contribution in [2.45, 2.75) is 33.2 Å². The van der Waals surface area contributed by atoms with Gasteiger partial charge in [-0.05, 0) is 6.42 Å². The molecule has 0 aromatic carbocycles. The van der Waals surface area contributed by atoms with Crippen molar-refractivity contribution in [1.29, 1.82) is 0 Å². The van der Waals surface area contributed by atoms with Crippen LogP contribution in [0.15, 0.2) is 18.7 Å². The Bertz CT molecular complexity index is 265. The lowest BCUT2D eigenvalue weighted by molar-refractivity contribution is -0.671. The number of carboxylic acid groups (broad SMARTS) is 1. The molecule has 4 heteroatoms. The number of carbonyl (C=O) groups is 1. The molecule has 0 fully saturated rings. The summed E-state index contributed by atoms with van der Waals surface area (Å²) in [7, 11) is 2.04. The van der Waals surface area contributed by atoms with Crippen molar-refractivity contribution in [1.82, 2.24) is 4.57 Å². The van der Waals surface area contributed by atoms with E-state index in [4.69, 9.17) is 9.90 Å². The molecule has 0 atom stereocenters. The van der Waals surface area contributed by atoms with Crippen LogP contribution in [0.1, 0.15) is 26.7 Å². The molecule has 1 aromatic heterocycles. The van der Waals surface area contributed by atoms with Gasteiger partial charge in [0.05, 0.1) is 13.6 Å². The van der Waals surface area contributed by atoms with Crippen LogP contribution in [0.5, 0.6) is 0 Å². The summed E-state index contributed by atoms with van der Waals surface area (Å²) >= 11 is 0. The molecular weight excluding hydrogens is 180 g/mol. The quantitative estimate of drug-likeness (QED) is 0.744. The molecule has 0 saturated carbocycles. The third-order valence-electron chi connectivity index (χ3n) is 1.59. The van der Waals surface area contributed by atoms with E-state index in [1.54, 1.807) is 0 Å². The highest BCUT2D eigenvalue weighted by Crippen LogP contribution is 1.91. The van der Waals surface area contributed by atoms with Gasteiger partial charge in [-0.15, -0.1) is 0 Å². The first-order chi connectivity index (χ1) is 6.56. The summed E-state index contributed by atoms with van der Waals surface area (Å²) in [6.45, 7) is 4.45. The maximum atomic E-state index is 9.00. The lowest BCUT2D eigenvalue weighted by Gasteiger charge is -1.90. The molecule has 0 unspecified atom stereocenters. The van der Waals surface area contributed by atoms with Crippen molar-refractivity contribution in [2.24, 2.45) is 7.05 Å². The minimum atomic E-state index is -0.833. The smallest absolute Gasteiger partial charge is 0.300 e. The van der Waals surface area contributed by atoms with Gasteiger partial charge in [0.25, 0.3) is 5.97 Å². The van der Waals surface area contributed by atoms with Crippen LogP contribution in [-0.4, -0.2) is 15.6 Å². The molecule has 0 aliphatic heterocycles. The molecule has 1 rings (SSSR count). The van der Waals surface area contributed by atoms with Crippen LogP contribution in [0, 0.1) is 0 Å². The fraction of sp³-hybridized carbons (Fsp3) is 0.600. The second-order valence-electron chi connectivity index (χ2n) is 3.19. The topological polar surface area (TPSA) is 46.1 Å². The van der Waals surface area contributed by atoms with E-state index < -0.39 is 5.97 Å². The van der Waals surface area contributed by atoms with Crippen molar-refractivity contribution < 1.29 is 14.5 Å². The molecule has 1 N–H and O–H groups in total. The van der Waals surface area contributed by atoms with Crippen molar-refractivity contribution in [3.63, 3.8) is 0 Å². The Morgan fingerprint density at radius 3 is 2.50 bits per heavy atom. The summed E-state index contributed by atoms with van der Waals surface area (Å²) in [6, 6.07) is 0. The summed E-state index contributed by atoms with van der Waals surface area (Å²) < 4.78 is 4.28. The standard InChI is InChI=1S/C8H15N2.C2H4O2/c1-3-4-5-10-7-6-9(2)8-10;1-2(3)4/h6-8H,3-5H2,1-2H3;1H3,(H,3,4)/q+1;. The number of hydrogen-bond acceptors (Lipinski definition) is 1. The predicted molar refractivity (Wildman–Crippen MR) is 53.8 cm³/mol. The van der Waals surface area contributed by atoms with E-state index >= 15 is 0 Å². The van der Waals surface area contributed by atoms with Crippen LogP contribution >= 0.6 is 0 Å². The molecule has 0 amide bonds. The monoisotopic (exact) mass is 199 g/mol. The molecule has 1 aromatic rings. The Labute approximate surface area is 84.8 Å². The summed E-state index contributed by atoms with van der Waals surface area (Å²) in [4.78, 5) is 9.00. The molecular formula is C10H19N2O2+. The Kier molecular flexibility index (Phi) is 6.45. The molecule has 0 saturated heterocycles. The van der Waals surface area contributed by atoms with Gasteiger partial charge in [0, 0.05) is 6.92 Å². The Hall–Kier alpha value is -1.32. The first-order valence-corrected chi connectivity index (χ1v) is 4.76. The van der Waals surface area contributed by atoms with Gasteiger partial charge >= 0.3 is 0 Å². The Morgan fingerprint density at radius 2 is 2.14 bits per heavy atom. The van der Waals surface area contributed by atoms with Crippen LogP contribution in [-0.2, 0) is 18.4 Å². The van der Waals surface area contributed by atoms with E-state index in [2.05, 4.69) is 34.8 Å². The minimum Gasteiger partial charge on any atom is -0.481 e. The van der Waals surface area contributed by atoms with Gasteiger partial charge in [-0.25, -0.2) is 9.13 Å². The van der Waals surface area contributed by atoms with Crippen LogP contribution in [0.25, 0.3) is 0 Å². The van der Waals surface area contributed by atoms with Gasteiger partial charge in [-0.3, -0.25) is 4.79 Å². The summed E-state index contributed by atoms with van der Waals surface area (Å²) in [5.74, 6) is -0.833. The largest absolute Gasteiger partial charge is 0.481 e. The Morgan fingerprint density at radius 1 is 1.57 bits per heavy atom. The number of aliphatic carboxylic acids is 1. The fourth-order valence-electron chi connectivity index (χ4n) is 0.975. The summed E-state index contributed by atoms with van der Waals surface area (Å²) in [5, 5.41) is 7.42. The second kappa shape index (κ2) is 7.12. The van der Waals surface area contributed by atoms with Crippen molar-refractivity contribution >= 4 is 5.97 Å². The number of hydrogen-bond donors (Lipinski definition) is 1. The van der Waals surface area contributed by atoms with E-state index in [0.29, 0.717) is 0 Å². The van der Waals surface area contributed by atoms with E-state index in [1.165, 1.54) is 12.8 Å². The van der Waals surface area contributed by atoms with Crippen molar-refractivity contribution in [3.8, 4) is 0 Å². The zero-order chi connectivity index (χ0) is 11.0. The lowest BCUT2D eigenvalue weighted by Crippen LogP contribution is -2.23. The van der Waals surface area contributed by atoms with E-state index in [-0.39, 0.29) is 0 Å². The minimum absolute atomic E-state index is 0.833. The number of aryl methyl sites for hydroxylation is 2. The normalized spacial score (nSPS) is 9.07. The van der Waals surface area contributed by atoms with Crippen molar-refractivity contribution in [3.05, 3.63) is 18.7 Å². The molecule has 0 bridgehead atoms. The third kappa shape index (κ3) is 7.34. The molecule has 4 nitrogen and oxygen atoms in total. The first-order valence-electron chi connectivity index (χ1n) is 4.76. The fourth-order valence-corrected chi connectivity index (χ4v) is 0.975. The third-order valence-corrected chi connectivity index (χ3v) is 1.59. The number of aromatic nitrogens is 2. The van der Waals surface area contributed by atoms with E-state index in [0.717, 1.165) is 13.5 Å². The van der Waals surface area contributed by atoms with Gasteiger partial charge in [-0.2, -0.15) is 0 Å². The molecule has 0 aliphatic carbocycles. The van der Waals surface area contributed by atoms with E-state index in [9.17, 15) is 0 Å².